The largest absolute Gasteiger partial charge is 0.391 e. The Bertz CT molecular complexity index is 566. The summed E-state index contributed by atoms with van der Waals surface area (Å²) in [5.41, 5.74) is 1.13. The third kappa shape index (κ3) is 6.57. The van der Waals surface area contributed by atoms with Crippen LogP contribution in [0.4, 0.5) is 0 Å². The number of aliphatic hydroxyl groups excluding tert-OH is 1. The van der Waals surface area contributed by atoms with E-state index < -0.39 is 6.10 Å². The molecule has 0 aliphatic rings. The molecule has 0 radical (unpaired) electrons. The third-order valence-corrected chi connectivity index (χ3v) is 3.45. The molecule has 124 valence electrons. The van der Waals surface area contributed by atoms with E-state index >= 15 is 0 Å². The van der Waals surface area contributed by atoms with Crippen molar-refractivity contribution in [2.45, 2.75) is 26.0 Å². The van der Waals surface area contributed by atoms with Crippen molar-refractivity contribution in [3.8, 4) is 0 Å². The minimum absolute atomic E-state index is 0.383. The van der Waals surface area contributed by atoms with Gasteiger partial charge in [-0.2, -0.15) is 0 Å². The van der Waals surface area contributed by atoms with Crippen molar-refractivity contribution in [1.29, 1.82) is 0 Å². The van der Waals surface area contributed by atoms with Crippen molar-refractivity contribution in [3.63, 3.8) is 0 Å². The summed E-state index contributed by atoms with van der Waals surface area (Å²) in [5, 5.41) is 16.6. The lowest BCUT2D eigenvalue weighted by atomic mass is 10.1. The zero-order chi connectivity index (χ0) is 16.3. The molecule has 0 fully saturated rings. The van der Waals surface area contributed by atoms with Gasteiger partial charge in [-0.3, -0.25) is 4.99 Å². The quantitative estimate of drug-likeness (QED) is 0.513. The molecule has 0 saturated carbocycles. The van der Waals surface area contributed by atoms with E-state index in [1.807, 2.05) is 61.8 Å². The monoisotopic (exact) mass is 314 g/mol. The summed E-state index contributed by atoms with van der Waals surface area (Å²) in [5.74, 6) is 0.742. The predicted molar refractivity (Wildman–Crippen MR) is 94.6 cm³/mol. The highest BCUT2D eigenvalue weighted by Gasteiger charge is 2.05. The Labute approximate surface area is 138 Å². The van der Waals surface area contributed by atoms with E-state index in [9.17, 15) is 5.11 Å². The van der Waals surface area contributed by atoms with Crippen LogP contribution in [-0.4, -0.2) is 41.4 Å². The highest BCUT2D eigenvalue weighted by atomic mass is 16.3. The second-order valence-electron chi connectivity index (χ2n) is 5.41. The van der Waals surface area contributed by atoms with Crippen LogP contribution < -0.4 is 10.6 Å². The number of guanidine groups is 1. The Morgan fingerprint density at radius 3 is 2.57 bits per heavy atom. The number of aliphatic imine (C=N–C) groups is 1. The molecule has 1 heterocycles. The van der Waals surface area contributed by atoms with Gasteiger partial charge in [0.1, 0.15) is 0 Å². The van der Waals surface area contributed by atoms with Crippen LogP contribution in [0, 0.1) is 0 Å². The predicted octanol–water partition coefficient (Wildman–Crippen LogP) is 1.65. The summed E-state index contributed by atoms with van der Waals surface area (Å²) < 4.78 is 2.11. The third-order valence-electron chi connectivity index (χ3n) is 3.45. The standard InChI is InChI=1S/C18H26N4O/c1-2-19-18(20-10-13-22-11-6-7-12-22)21-15-17(23)14-16-8-4-3-5-9-16/h3-9,11-12,17,23H,2,10,13-15H2,1H3,(H2,19,20,21). The summed E-state index contributed by atoms with van der Waals surface area (Å²) in [6, 6.07) is 14.0. The van der Waals surface area contributed by atoms with E-state index in [0.29, 0.717) is 13.0 Å². The summed E-state index contributed by atoms with van der Waals surface area (Å²) in [6.07, 6.45) is 4.22. The fourth-order valence-electron chi connectivity index (χ4n) is 2.31. The van der Waals surface area contributed by atoms with Crippen molar-refractivity contribution in [1.82, 2.24) is 15.2 Å². The molecule has 0 bridgehead atoms. The SMILES string of the molecule is CCNC(=NCC(O)Cc1ccccc1)NCCn1cccc1. The molecule has 0 aliphatic carbocycles. The van der Waals surface area contributed by atoms with Crippen LogP contribution in [0.1, 0.15) is 12.5 Å². The molecule has 0 spiro atoms. The first-order chi connectivity index (χ1) is 11.3. The molecule has 0 saturated heterocycles. The molecule has 3 N–H and O–H groups in total. The van der Waals surface area contributed by atoms with Gasteiger partial charge in [-0.25, -0.2) is 0 Å². The average Bonchev–Trinajstić information content (AvgIpc) is 3.07. The van der Waals surface area contributed by atoms with Crippen molar-refractivity contribution in [2.24, 2.45) is 4.99 Å². The molecule has 0 aliphatic heterocycles. The maximum atomic E-state index is 10.1. The van der Waals surface area contributed by atoms with Gasteiger partial charge in [0.15, 0.2) is 5.96 Å². The lowest BCUT2D eigenvalue weighted by molar-refractivity contribution is 0.183. The summed E-state index contributed by atoms with van der Waals surface area (Å²) >= 11 is 0. The number of hydrogen-bond acceptors (Lipinski definition) is 2. The van der Waals surface area contributed by atoms with E-state index in [1.165, 1.54) is 0 Å². The second-order valence-corrected chi connectivity index (χ2v) is 5.41. The molecule has 2 rings (SSSR count). The summed E-state index contributed by atoms with van der Waals surface area (Å²) in [7, 11) is 0. The van der Waals surface area contributed by atoms with Gasteiger partial charge in [0, 0.05) is 38.4 Å². The first kappa shape index (κ1) is 17.1. The van der Waals surface area contributed by atoms with Gasteiger partial charge >= 0.3 is 0 Å². The van der Waals surface area contributed by atoms with Gasteiger partial charge in [0.25, 0.3) is 0 Å². The first-order valence-electron chi connectivity index (χ1n) is 8.13. The van der Waals surface area contributed by atoms with E-state index in [1.54, 1.807) is 0 Å². The first-order valence-corrected chi connectivity index (χ1v) is 8.13. The summed E-state index contributed by atoms with van der Waals surface area (Å²) in [4.78, 5) is 4.46. The van der Waals surface area contributed by atoms with Gasteiger partial charge in [-0.05, 0) is 24.6 Å². The van der Waals surface area contributed by atoms with E-state index in [-0.39, 0.29) is 0 Å². The maximum Gasteiger partial charge on any atom is 0.191 e. The highest BCUT2D eigenvalue weighted by Crippen LogP contribution is 2.03. The number of nitrogens with zero attached hydrogens (tertiary/aromatic N) is 2. The molecule has 23 heavy (non-hydrogen) atoms. The zero-order valence-electron chi connectivity index (χ0n) is 13.7. The van der Waals surface area contributed by atoms with Crippen LogP contribution in [0.3, 0.4) is 0 Å². The molecular weight excluding hydrogens is 288 g/mol. The summed E-state index contributed by atoms with van der Waals surface area (Å²) in [6.45, 7) is 4.88. The number of aliphatic hydroxyl groups is 1. The fourth-order valence-corrected chi connectivity index (χ4v) is 2.31. The van der Waals surface area contributed by atoms with Gasteiger partial charge < -0.3 is 20.3 Å². The van der Waals surface area contributed by atoms with Gasteiger partial charge in [0.2, 0.25) is 0 Å². The number of nitrogens with one attached hydrogen (secondary N) is 2. The number of rotatable bonds is 8. The van der Waals surface area contributed by atoms with Crippen LogP contribution in [-0.2, 0) is 13.0 Å². The van der Waals surface area contributed by atoms with Crippen LogP contribution in [0.2, 0.25) is 0 Å². The van der Waals surface area contributed by atoms with Crippen LogP contribution >= 0.6 is 0 Å². The molecule has 2 aromatic rings. The minimum Gasteiger partial charge on any atom is -0.391 e. The Kier molecular flexibility index (Phi) is 7.20. The zero-order valence-corrected chi connectivity index (χ0v) is 13.7. The smallest absolute Gasteiger partial charge is 0.191 e. The van der Waals surface area contributed by atoms with Gasteiger partial charge in [0.05, 0.1) is 12.6 Å². The molecule has 1 atom stereocenters. The normalized spacial score (nSPS) is 12.9. The molecule has 5 heteroatoms. The molecular formula is C18H26N4O. The van der Waals surface area contributed by atoms with Crippen LogP contribution in [0.5, 0.6) is 0 Å². The van der Waals surface area contributed by atoms with Crippen LogP contribution in [0.25, 0.3) is 0 Å². The van der Waals surface area contributed by atoms with E-state index in [0.717, 1.165) is 31.2 Å². The van der Waals surface area contributed by atoms with Crippen molar-refractivity contribution in [3.05, 3.63) is 60.4 Å². The molecule has 1 aromatic carbocycles. The number of benzene rings is 1. The van der Waals surface area contributed by atoms with Crippen molar-refractivity contribution in [2.75, 3.05) is 19.6 Å². The molecule has 1 aromatic heterocycles. The lowest BCUT2D eigenvalue weighted by Gasteiger charge is -2.13. The Balaban J connectivity index is 1.77. The lowest BCUT2D eigenvalue weighted by Crippen LogP contribution is -2.39. The van der Waals surface area contributed by atoms with Crippen molar-refractivity contribution < 1.29 is 5.11 Å². The molecule has 1 unspecified atom stereocenters. The number of aromatic nitrogens is 1. The number of hydrogen-bond donors (Lipinski definition) is 3. The Morgan fingerprint density at radius 2 is 1.87 bits per heavy atom. The second kappa shape index (κ2) is 9.69. The van der Waals surface area contributed by atoms with Crippen LogP contribution in [0.15, 0.2) is 59.9 Å². The van der Waals surface area contributed by atoms with Gasteiger partial charge in [-0.15, -0.1) is 0 Å². The average molecular weight is 314 g/mol. The molecule has 5 nitrogen and oxygen atoms in total. The van der Waals surface area contributed by atoms with E-state index in [4.69, 9.17) is 0 Å². The Hall–Kier alpha value is -2.27. The van der Waals surface area contributed by atoms with E-state index in [2.05, 4.69) is 20.2 Å². The van der Waals surface area contributed by atoms with Gasteiger partial charge in [-0.1, -0.05) is 30.3 Å². The molecule has 0 amide bonds. The fraction of sp³-hybridized carbons (Fsp3) is 0.389. The minimum atomic E-state index is -0.475. The highest BCUT2D eigenvalue weighted by molar-refractivity contribution is 5.79. The topological polar surface area (TPSA) is 61.6 Å². The van der Waals surface area contributed by atoms with Crippen molar-refractivity contribution >= 4 is 5.96 Å². The Morgan fingerprint density at radius 1 is 1.13 bits per heavy atom. The maximum absolute atomic E-state index is 10.1.